The summed E-state index contributed by atoms with van der Waals surface area (Å²) in [5.74, 6) is 1.08. The van der Waals surface area contributed by atoms with Crippen LogP contribution in [0.3, 0.4) is 0 Å². The Hall–Kier alpha value is -0.960. The predicted octanol–water partition coefficient (Wildman–Crippen LogP) is 2.18. The molecule has 3 nitrogen and oxygen atoms in total. The minimum absolute atomic E-state index is 0.491. The van der Waals surface area contributed by atoms with Crippen LogP contribution in [0.15, 0.2) is 12.1 Å². The number of hydrogen-bond acceptors (Lipinski definition) is 3. The average Bonchev–Trinajstić information content (AvgIpc) is 2.16. The second kappa shape index (κ2) is 4.33. The molecule has 4 heteroatoms. The van der Waals surface area contributed by atoms with Crippen LogP contribution in [0.4, 0.5) is 0 Å². The summed E-state index contributed by atoms with van der Waals surface area (Å²) >= 11 is 2.12. The lowest BCUT2D eigenvalue weighted by atomic mass is 10.2. The molecule has 1 aromatic rings. The third-order valence-electron chi connectivity index (χ3n) is 1.56. The first kappa shape index (κ1) is 10.1. The molecular formula is C9H8INO2. The van der Waals surface area contributed by atoms with Gasteiger partial charge in [0.2, 0.25) is 0 Å². The SMILES string of the molecule is COc1cc(I)cc(C#N)c1OC. The van der Waals surface area contributed by atoms with Crippen molar-refractivity contribution < 1.29 is 9.47 Å². The lowest BCUT2D eigenvalue weighted by Crippen LogP contribution is -1.94. The molecule has 13 heavy (non-hydrogen) atoms. The van der Waals surface area contributed by atoms with E-state index in [2.05, 4.69) is 28.7 Å². The number of ether oxygens (including phenoxy) is 2. The molecule has 0 aliphatic heterocycles. The summed E-state index contributed by atoms with van der Waals surface area (Å²) < 4.78 is 11.1. The number of nitriles is 1. The molecular weight excluding hydrogens is 281 g/mol. The van der Waals surface area contributed by atoms with Crippen LogP contribution in [0.5, 0.6) is 11.5 Å². The van der Waals surface area contributed by atoms with Crippen LogP contribution >= 0.6 is 22.6 Å². The van der Waals surface area contributed by atoms with E-state index in [1.54, 1.807) is 13.2 Å². The smallest absolute Gasteiger partial charge is 0.178 e. The first-order valence-electron chi connectivity index (χ1n) is 3.54. The maximum atomic E-state index is 8.81. The van der Waals surface area contributed by atoms with E-state index in [0.29, 0.717) is 17.1 Å². The van der Waals surface area contributed by atoms with Crippen LogP contribution in [-0.4, -0.2) is 14.2 Å². The fraction of sp³-hybridized carbons (Fsp3) is 0.222. The molecule has 68 valence electrons. The van der Waals surface area contributed by atoms with Crippen molar-refractivity contribution in [2.75, 3.05) is 14.2 Å². The molecule has 0 N–H and O–H groups in total. The number of nitrogens with zero attached hydrogens (tertiary/aromatic N) is 1. The lowest BCUT2D eigenvalue weighted by Gasteiger charge is -2.08. The molecule has 0 aliphatic carbocycles. The van der Waals surface area contributed by atoms with Gasteiger partial charge in [-0.3, -0.25) is 0 Å². The number of rotatable bonds is 2. The molecule has 0 atom stereocenters. The van der Waals surface area contributed by atoms with Crippen molar-refractivity contribution in [3.63, 3.8) is 0 Å². The highest BCUT2D eigenvalue weighted by Gasteiger charge is 2.10. The van der Waals surface area contributed by atoms with Gasteiger partial charge in [0, 0.05) is 3.57 Å². The molecule has 0 unspecified atom stereocenters. The number of hydrogen-bond donors (Lipinski definition) is 0. The first-order valence-corrected chi connectivity index (χ1v) is 4.62. The third kappa shape index (κ3) is 2.04. The zero-order valence-corrected chi connectivity index (χ0v) is 9.45. The average molecular weight is 289 g/mol. The summed E-state index contributed by atoms with van der Waals surface area (Å²) in [5, 5.41) is 8.81. The minimum atomic E-state index is 0.491. The summed E-state index contributed by atoms with van der Waals surface area (Å²) in [5.41, 5.74) is 0.492. The van der Waals surface area contributed by atoms with Crippen molar-refractivity contribution in [3.05, 3.63) is 21.3 Å². The van der Waals surface area contributed by atoms with Gasteiger partial charge in [-0.15, -0.1) is 0 Å². The van der Waals surface area contributed by atoms with Gasteiger partial charge >= 0.3 is 0 Å². The second-order valence-electron chi connectivity index (χ2n) is 2.30. The minimum Gasteiger partial charge on any atom is -0.493 e. The van der Waals surface area contributed by atoms with Crippen molar-refractivity contribution in [2.45, 2.75) is 0 Å². The van der Waals surface area contributed by atoms with Gasteiger partial charge in [0.05, 0.1) is 19.8 Å². The molecule has 1 aromatic carbocycles. The maximum Gasteiger partial charge on any atom is 0.178 e. The van der Waals surface area contributed by atoms with Gasteiger partial charge in [0.1, 0.15) is 6.07 Å². The van der Waals surface area contributed by atoms with E-state index in [-0.39, 0.29) is 0 Å². The fourth-order valence-electron chi connectivity index (χ4n) is 1.01. The van der Waals surface area contributed by atoms with Crippen molar-refractivity contribution >= 4 is 22.6 Å². The number of methoxy groups -OCH3 is 2. The summed E-state index contributed by atoms with van der Waals surface area (Å²) in [7, 11) is 3.07. The van der Waals surface area contributed by atoms with E-state index >= 15 is 0 Å². The van der Waals surface area contributed by atoms with Gasteiger partial charge in [-0.25, -0.2) is 0 Å². The summed E-state index contributed by atoms with van der Waals surface area (Å²) in [6.45, 7) is 0. The van der Waals surface area contributed by atoms with E-state index in [4.69, 9.17) is 14.7 Å². The monoisotopic (exact) mass is 289 g/mol. The van der Waals surface area contributed by atoms with Crippen molar-refractivity contribution in [2.24, 2.45) is 0 Å². The third-order valence-corrected chi connectivity index (χ3v) is 2.19. The molecule has 0 bridgehead atoms. The Morgan fingerprint density at radius 1 is 1.31 bits per heavy atom. The zero-order valence-electron chi connectivity index (χ0n) is 7.30. The predicted molar refractivity (Wildman–Crippen MR) is 57.0 cm³/mol. The van der Waals surface area contributed by atoms with Crippen molar-refractivity contribution in [1.29, 1.82) is 5.26 Å². The van der Waals surface area contributed by atoms with E-state index in [0.717, 1.165) is 3.57 Å². The molecule has 0 aromatic heterocycles. The van der Waals surface area contributed by atoms with Crippen molar-refractivity contribution in [1.82, 2.24) is 0 Å². The largest absolute Gasteiger partial charge is 0.493 e. The first-order chi connectivity index (χ1) is 6.22. The standard InChI is InChI=1S/C9H8INO2/c1-12-8-4-7(10)3-6(5-11)9(8)13-2/h3-4H,1-2H3. The van der Waals surface area contributed by atoms with Gasteiger partial charge in [-0.05, 0) is 34.7 Å². The molecule has 0 radical (unpaired) electrons. The van der Waals surface area contributed by atoms with Gasteiger partial charge in [-0.2, -0.15) is 5.26 Å². The Kier molecular flexibility index (Phi) is 3.37. The van der Waals surface area contributed by atoms with E-state index in [1.807, 2.05) is 6.07 Å². The van der Waals surface area contributed by atoms with Crippen LogP contribution in [-0.2, 0) is 0 Å². The normalized spacial score (nSPS) is 9.08. The van der Waals surface area contributed by atoms with E-state index in [9.17, 15) is 0 Å². The van der Waals surface area contributed by atoms with Crippen LogP contribution in [0, 0.1) is 14.9 Å². The highest BCUT2D eigenvalue weighted by atomic mass is 127. The Morgan fingerprint density at radius 3 is 2.46 bits per heavy atom. The van der Waals surface area contributed by atoms with Crippen LogP contribution < -0.4 is 9.47 Å². The molecule has 1 rings (SSSR count). The van der Waals surface area contributed by atoms with Gasteiger partial charge in [0.25, 0.3) is 0 Å². The van der Waals surface area contributed by atoms with Crippen LogP contribution in [0.1, 0.15) is 5.56 Å². The Balaban J connectivity index is 3.36. The summed E-state index contributed by atoms with van der Waals surface area (Å²) in [6, 6.07) is 5.62. The van der Waals surface area contributed by atoms with Crippen LogP contribution in [0.2, 0.25) is 0 Å². The quantitative estimate of drug-likeness (QED) is 0.784. The molecule has 0 spiro atoms. The van der Waals surface area contributed by atoms with Crippen LogP contribution in [0.25, 0.3) is 0 Å². The highest BCUT2D eigenvalue weighted by molar-refractivity contribution is 14.1. The van der Waals surface area contributed by atoms with Gasteiger partial charge < -0.3 is 9.47 Å². The fourth-order valence-corrected chi connectivity index (χ4v) is 1.61. The molecule has 0 amide bonds. The van der Waals surface area contributed by atoms with Gasteiger partial charge in [0.15, 0.2) is 11.5 Å². The molecule has 0 aliphatic rings. The molecule has 0 fully saturated rings. The zero-order chi connectivity index (χ0) is 9.84. The van der Waals surface area contributed by atoms with E-state index < -0.39 is 0 Å². The molecule has 0 heterocycles. The Morgan fingerprint density at radius 2 is 2.00 bits per heavy atom. The van der Waals surface area contributed by atoms with Crippen molar-refractivity contribution in [3.8, 4) is 17.6 Å². The van der Waals surface area contributed by atoms with E-state index in [1.165, 1.54) is 7.11 Å². The lowest BCUT2D eigenvalue weighted by molar-refractivity contribution is 0.354. The summed E-state index contributed by atoms with van der Waals surface area (Å²) in [4.78, 5) is 0. The van der Waals surface area contributed by atoms with Gasteiger partial charge in [-0.1, -0.05) is 0 Å². The number of halogens is 1. The molecule has 0 saturated carbocycles. The maximum absolute atomic E-state index is 8.81. The summed E-state index contributed by atoms with van der Waals surface area (Å²) in [6.07, 6.45) is 0. The number of benzene rings is 1. The highest BCUT2D eigenvalue weighted by Crippen LogP contribution is 2.32. The Bertz CT molecular complexity index is 357. The molecule has 0 saturated heterocycles. The topological polar surface area (TPSA) is 42.2 Å². The second-order valence-corrected chi connectivity index (χ2v) is 3.55. The Labute approximate surface area is 90.4 Å².